The van der Waals surface area contributed by atoms with Gasteiger partial charge in [-0.2, -0.15) is 0 Å². The van der Waals surface area contributed by atoms with Crippen molar-refractivity contribution in [3.8, 4) is 11.1 Å². The lowest BCUT2D eigenvalue weighted by atomic mass is 10.1. The molecule has 4 nitrogen and oxygen atoms in total. The van der Waals surface area contributed by atoms with Crippen LogP contribution in [0.4, 0.5) is 0 Å². The van der Waals surface area contributed by atoms with Crippen molar-refractivity contribution < 1.29 is 0 Å². The number of nitrogens with one attached hydrogen (secondary N) is 1. The zero-order valence-corrected chi connectivity index (χ0v) is 12.2. The summed E-state index contributed by atoms with van der Waals surface area (Å²) in [6.07, 6.45) is 1.62. The van der Waals surface area contributed by atoms with Crippen molar-refractivity contribution in [3.05, 3.63) is 92.8 Å². The van der Waals surface area contributed by atoms with Gasteiger partial charge in [-0.1, -0.05) is 60.2 Å². The van der Waals surface area contributed by atoms with Gasteiger partial charge in [0.25, 0.3) is 5.56 Å². The fourth-order valence-electron chi connectivity index (χ4n) is 2.35. The predicted molar refractivity (Wildman–Crippen MR) is 87.0 cm³/mol. The van der Waals surface area contributed by atoms with E-state index >= 15 is 0 Å². The maximum absolute atomic E-state index is 12.1. The number of benzene rings is 2. The van der Waals surface area contributed by atoms with Crippen LogP contribution in [0.1, 0.15) is 11.1 Å². The van der Waals surface area contributed by atoms with E-state index in [1.165, 1.54) is 4.57 Å². The van der Waals surface area contributed by atoms with E-state index in [4.69, 9.17) is 0 Å². The highest BCUT2D eigenvalue weighted by Gasteiger charge is 2.07. The first-order valence-corrected chi connectivity index (χ1v) is 7.08. The minimum atomic E-state index is -0.398. The van der Waals surface area contributed by atoms with E-state index in [0.29, 0.717) is 12.1 Å². The molecule has 0 aliphatic carbocycles. The number of H-pyrrole nitrogens is 1. The Morgan fingerprint density at radius 3 is 2.32 bits per heavy atom. The van der Waals surface area contributed by atoms with E-state index in [0.717, 1.165) is 16.7 Å². The van der Waals surface area contributed by atoms with Gasteiger partial charge in [0, 0.05) is 6.20 Å². The van der Waals surface area contributed by atoms with E-state index in [9.17, 15) is 9.59 Å². The van der Waals surface area contributed by atoms with Crippen LogP contribution in [0.3, 0.4) is 0 Å². The summed E-state index contributed by atoms with van der Waals surface area (Å²) >= 11 is 0. The molecule has 0 aliphatic rings. The molecule has 1 N–H and O–H groups in total. The highest BCUT2D eigenvalue weighted by atomic mass is 16.2. The highest BCUT2D eigenvalue weighted by molar-refractivity contribution is 5.61. The third-order valence-electron chi connectivity index (χ3n) is 3.57. The molecule has 0 spiro atoms. The van der Waals surface area contributed by atoms with Gasteiger partial charge in [0.1, 0.15) is 0 Å². The Morgan fingerprint density at radius 1 is 0.955 bits per heavy atom. The number of nitrogens with zero attached hydrogens (tertiary/aromatic N) is 1. The maximum Gasteiger partial charge on any atom is 0.328 e. The normalized spacial score (nSPS) is 10.6. The molecule has 3 rings (SSSR count). The Hall–Kier alpha value is -2.88. The topological polar surface area (TPSA) is 54.9 Å². The van der Waals surface area contributed by atoms with Gasteiger partial charge in [-0.15, -0.1) is 0 Å². The van der Waals surface area contributed by atoms with Gasteiger partial charge in [0.05, 0.1) is 12.1 Å². The van der Waals surface area contributed by atoms with Crippen molar-refractivity contribution in [2.24, 2.45) is 0 Å². The zero-order chi connectivity index (χ0) is 15.5. The van der Waals surface area contributed by atoms with E-state index in [1.54, 1.807) is 6.20 Å². The van der Waals surface area contributed by atoms with Crippen LogP contribution < -0.4 is 11.2 Å². The van der Waals surface area contributed by atoms with Crippen molar-refractivity contribution in [3.63, 3.8) is 0 Å². The highest BCUT2D eigenvalue weighted by Crippen LogP contribution is 2.15. The molecule has 1 aromatic heterocycles. The van der Waals surface area contributed by atoms with E-state index in [2.05, 4.69) is 4.98 Å². The molecular formula is C18H16N2O2. The maximum atomic E-state index is 12.1. The first kappa shape index (κ1) is 14.1. The summed E-state index contributed by atoms with van der Waals surface area (Å²) < 4.78 is 1.52. The van der Waals surface area contributed by atoms with Crippen molar-refractivity contribution in [2.45, 2.75) is 13.5 Å². The Morgan fingerprint density at radius 2 is 1.64 bits per heavy atom. The number of aromatic nitrogens is 2. The van der Waals surface area contributed by atoms with E-state index in [-0.39, 0.29) is 5.56 Å². The Balaban J connectivity index is 2.05. The SMILES string of the molecule is Cc1ccc(-c2cn(Cc3ccccc3)c(=O)[nH]c2=O)cc1. The summed E-state index contributed by atoms with van der Waals surface area (Å²) in [5.74, 6) is 0. The summed E-state index contributed by atoms with van der Waals surface area (Å²) in [6, 6.07) is 17.3. The first-order chi connectivity index (χ1) is 10.6. The van der Waals surface area contributed by atoms with Gasteiger partial charge in [-0.25, -0.2) is 4.79 Å². The monoisotopic (exact) mass is 292 g/mol. The average molecular weight is 292 g/mol. The number of rotatable bonds is 3. The fourth-order valence-corrected chi connectivity index (χ4v) is 2.35. The molecule has 4 heteroatoms. The summed E-state index contributed by atoms with van der Waals surface area (Å²) in [5, 5.41) is 0. The molecule has 0 fully saturated rings. The molecule has 0 amide bonds. The van der Waals surface area contributed by atoms with Crippen LogP contribution in [0, 0.1) is 6.92 Å². The second-order valence-electron chi connectivity index (χ2n) is 5.28. The molecule has 0 bridgehead atoms. The van der Waals surface area contributed by atoms with Crippen LogP contribution in [-0.4, -0.2) is 9.55 Å². The predicted octanol–water partition coefficient (Wildman–Crippen LogP) is 2.56. The van der Waals surface area contributed by atoms with Crippen LogP contribution >= 0.6 is 0 Å². The summed E-state index contributed by atoms with van der Waals surface area (Å²) in [4.78, 5) is 26.4. The standard InChI is InChI=1S/C18H16N2O2/c1-13-7-9-15(10-8-13)16-12-20(18(22)19-17(16)21)11-14-5-3-2-4-6-14/h2-10,12H,11H2,1H3,(H,19,21,22). The van der Waals surface area contributed by atoms with Gasteiger partial charge in [0.15, 0.2) is 0 Å². The quantitative estimate of drug-likeness (QED) is 0.806. The van der Waals surface area contributed by atoms with Crippen molar-refractivity contribution in [1.82, 2.24) is 9.55 Å². The summed E-state index contributed by atoms with van der Waals surface area (Å²) in [6.45, 7) is 2.42. The van der Waals surface area contributed by atoms with Crippen LogP contribution in [-0.2, 0) is 6.54 Å². The first-order valence-electron chi connectivity index (χ1n) is 7.08. The smallest absolute Gasteiger partial charge is 0.296 e. The van der Waals surface area contributed by atoms with Gasteiger partial charge in [-0.05, 0) is 18.1 Å². The molecule has 22 heavy (non-hydrogen) atoms. The lowest BCUT2D eigenvalue weighted by Gasteiger charge is -2.08. The summed E-state index contributed by atoms with van der Waals surface area (Å²) in [7, 11) is 0. The largest absolute Gasteiger partial charge is 0.328 e. The molecule has 3 aromatic rings. The lowest BCUT2D eigenvalue weighted by molar-refractivity contribution is 0.722. The number of hydrogen-bond donors (Lipinski definition) is 1. The Kier molecular flexibility index (Phi) is 3.74. The van der Waals surface area contributed by atoms with E-state index in [1.807, 2.05) is 61.5 Å². The average Bonchev–Trinajstić information content (AvgIpc) is 2.52. The van der Waals surface area contributed by atoms with Crippen molar-refractivity contribution in [1.29, 1.82) is 0 Å². The minimum absolute atomic E-state index is 0.363. The fraction of sp³-hybridized carbons (Fsp3) is 0.111. The third kappa shape index (κ3) is 2.91. The zero-order valence-electron chi connectivity index (χ0n) is 12.2. The molecule has 0 radical (unpaired) electrons. The van der Waals surface area contributed by atoms with Crippen LogP contribution in [0.5, 0.6) is 0 Å². The molecular weight excluding hydrogens is 276 g/mol. The van der Waals surface area contributed by atoms with Gasteiger partial charge in [-0.3, -0.25) is 14.3 Å². The molecule has 2 aromatic carbocycles. The minimum Gasteiger partial charge on any atom is -0.296 e. The Bertz CT molecular complexity index is 891. The molecule has 1 heterocycles. The van der Waals surface area contributed by atoms with Gasteiger partial charge < -0.3 is 0 Å². The van der Waals surface area contributed by atoms with Crippen molar-refractivity contribution in [2.75, 3.05) is 0 Å². The van der Waals surface area contributed by atoms with Crippen LogP contribution in [0.2, 0.25) is 0 Å². The molecule has 0 aliphatic heterocycles. The van der Waals surface area contributed by atoms with Gasteiger partial charge >= 0.3 is 5.69 Å². The van der Waals surface area contributed by atoms with Crippen molar-refractivity contribution >= 4 is 0 Å². The van der Waals surface area contributed by atoms with E-state index < -0.39 is 5.69 Å². The molecule has 0 saturated heterocycles. The molecule has 110 valence electrons. The van der Waals surface area contributed by atoms with Crippen LogP contribution in [0.15, 0.2) is 70.4 Å². The molecule has 0 saturated carbocycles. The van der Waals surface area contributed by atoms with Gasteiger partial charge in [0.2, 0.25) is 0 Å². The number of aryl methyl sites for hydroxylation is 1. The summed E-state index contributed by atoms with van der Waals surface area (Å²) in [5.41, 5.74) is 2.66. The third-order valence-corrected chi connectivity index (χ3v) is 3.57. The second kappa shape index (κ2) is 5.85. The lowest BCUT2D eigenvalue weighted by Crippen LogP contribution is -2.30. The number of hydrogen-bond acceptors (Lipinski definition) is 2. The molecule has 0 unspecified atom stereocenters. The van der Waals surface area contributed by atoms with Crippen LogP contribution in [0.25, 0.3) is 11.1 Å². The Labute approximate surface area is 127 Å². The second-order valence-corrected chi connectivity index (χ2v) is 5.28. The molecule has 0 atom stereocenters. The number of aromatic amines is 1.